The van der Waals surface area contributed by atoms with E-state index in [9.17, 15) is 18.0 Å². The first-order valence-corrected chi connectivity index (χ1v) is 7.88. The molecule has 3 rings (SSSR count). The number of nitrogens with one attached hydrogen (secondary N) is 1. The highest BCUT2D eigenvalue weighted by Gasteiger charge is 2.48. The van der Waals surface area contributed by atoms with Crippen LogP contribution in [0.5, 0.6) is 0 Å². The van der Waals surface area contributed by atoms with Gasteiger partial charge in [0.25, 0.3) is 0 Å². The van der Waals surface area contributed by atoms with Gasteiger partial charge in [-0.2, -0.15) is 18.3 Å². The van der Waals surface area contributed by atoms with Crippen molar-refractivity contribution in [3.05, 3.63) is 48.3 Å². The summed E-state index contributed by atoms with van der Waals surface area (Å²) in [7, 11) is 0. The Morgan fingerprint density at radius 1 is 1.15 bits per heavy atom. The topological polar surface area (TPSA) is 59.8 Å². The van der Waals surface area contributed by atoms with Crippen molar-refractivity contribution in [1.82, 2.24) is 14.8 Å². The van der Waals surface area contributed by atoms with Gasteiger partial charge >= 0.3 is 6.18 Å². The van der Waals surface area contributed by atoms with Crippen molar-refractivity contribution < 1.29 is 18.0 Å². The van der Waals surface area contributed by atoms with Gasteiger partial charge in [-0.25, -0.2) is 9.67 Å². The summed E-state index contributed by atoms with van der Waals surface area (Å²) in [6.45, 7) is 3.66. The lowest BCUT2D eigenvalue weighted by atomic mass is 9.84. The average Bonchev–Trinajstić information content (AvgIpc) is 2.96. The van der Waals surface area contributed by atoms with E-state index < -0.39 is 11.6 Å². The summed E-state index contributed by atoms with van der Waals surface area (Å²) in [6.07, 6.45) is -1.25. The standard InChI is InChI=1S/C18H17F3N4O/c1-11(26)24-16-8-15-12(9-22-16)10-23-25(15)14-6-4-5-13(7-14)17(2,3)18(19,20)21/h4-10H,1-3H3,(H,22,24,26). The number of fused-ring (bicyclic) bond motifs is 1. The fraction of sp³-hybridized carbons (Fsp3) is 0.278. The number of nitrogens with zero attached hydrogens (tertiary/aromatic N) is 3. The van der Waals surface area contributed by atoms with Gasteiger partial charge < -0.3 is 5.32 Å². The van der Waals surface area contributed by atoms with Gasteiger partial charge in [0.05, 0.1) is 22.8 Å². The maximum Gasteiger partial charge on any atom is 0.397 e. The van der Waals surface area contributed by atoms with Crippen LogP contribution in [0.3, 0.4) is 0 Å². The minimum atomic E-state index is -4.37. The molecule has 136 valence electrons. The number of carbonyl (C=O) groups excluding carboxylic acids is 1. The second-order valence-electron chi connectivity index (χ2n) is 6.54. The van der Waals surface area contributed by atoms with Crippen molar-refractivity contribution in [3.63, 3.8) is 0 Å². The Labute approximate surface area is 147 Å². The molecule has 0 aliphatic rings. The number of halogens is 3. The van der Waals surface area contributed by atoms with Gasteiger partial charge in [-0.3, -0.25) is 4.79 Å². The molecule has 1 N–H and O–H groups in total. The van der Waals surface area contributed by atoms with Crippen LogP contribution in [0.4, 0.5) is 19.0 Å². The number of alkyl halides is 3. The largest absolute Gasteiger partial charge is 0.397 e. The number of hydrogen-bond acceptors (Lipinski definition) is 3. The number of carbonyl (C=O) groups is 1. The predicted octanol–water partition coefficient (Wildman–Crippen LogP) is 4.22. The highest BCUT2D eigenvalue weighted by molar-refractivity contribution is 5.90. The quantitative estimate of drug-likeness (QED) is 0.759. The van der Waals surface area contributed by atoms with Crippen LogP contribution in [0.25, 0.3) is 16.6 Å². The molecule has 0 spiro atoms. The van der Waals surface area contributed by atoms with E-state index in [1.54, 1.807) is 30.6 Å². The molecule has 0 atom stereocenters. The van der Waals surface area contributed by atoms with Crippen LogP contribution >= 0.6 is 0 Å². The summed E-state index contributed by atoms with van der Waals surface area (Å²) < 4.78 is 41.6. The summed E-state index contributed by atoms with van der Waals surface area (Å²) in [5.41, 5.74) is -0.725. The molecule has 26 heavy (non-hydrogen) atoms. The van der Waals surface area contributed by atoms with E-state index in [1.807, 2.05) is 0 Å². The number of benzene rings is 1. The molecule has 0 saturated carbocycles. The van der Waals surface area contributed by atoms with Gasteiger partial charge in [0, 0.05) is 24.6 Å². The molecule has 1 amide bonds. The molecular formula is C18H17F3N4O. The van der Waals surface area contributed by atoms with Crippen molar-refractivity contribution in [2.24, 2.45) is 0 Å². The van der Waals surface area contributed by atoms with Gasteiger partial charge in [-0.15, -0.1) is 0 Å². The van der Waals surface area contributed by atoms with Crippen LogP contribution in [-0.4, -0.2) is 26.8 Å². The van der Waals surface area contributed by atoms with E-state index >= 15 is 0 Å². The van der Waals surface area contributed by atoms with Crippen LogP contribution in [-0.2, 0) is 10.2 Å². The molecule has 5 nitrogen and oxygen atoms in total. The Morgan fingerprint density at radius 3 is 2.54 bits per heavy atom. The van der Waals surface area contributed by atoms with Crippen LogP contribution in [0.2, 0.25) is 0 Å². The van der Waals surface area contributed by atoms with E-state index in [1.165, 1.54) is 23.7 Å². The lowest BCUT2D eigenvalue weighted by Crippen LogP contribution is -2.36. The minimum Gasteiger partial charge on any atom is -0.311 e. The Kier molecular flexibility index (Phi) is 4.21. The second-order valence-corrected chi connectivity index (χ2v) is 6.54. The molecule has 0 radical (unpaired) electrons. The highest BCUT2D eigenvalue weighted by atomic mass is 19.4. The van der Waals surface area contributed by atoms with E-state index in [2.05, 4.69) is 15.4 Å². The van der Waals surface area contributed by atoms with Crippen molar-refractivity contribution in [2.75, 3.05) is 5.32 Å². The molecule has 0 aliphatic heterocycles. The SMILES string of the molecule is CC(=O)Nc1cc2c(cn1)cnn2-c1cccc(C(C)(C)C(F)(F)F)c1. The number of aromatic nitrogens is 3. The Balaban J connectivity index is 2.10. The van der Waals surface area contributed by atoms with E-state index in [-0.39, 0.29) is 11.5 Å². The normalized spacial score (nSPS) is 12.4. The molecule has 0 unspecified atom stereocenters. The van der Waals surface area contributed by atoms with Crippen LogP contribution in [0.15, 0.2) is 42.7 Å². The fourth-order valence-corrected chi connectivity index (χ4v) is 2.56. The molecule has 0 saturated heterocycles. The number of hydrogen-bond donors (Lipinski definition) is 1. The average molecular weight is 362 g/mol. The van der Waals surface area contributed by atoms with Crippen LogP contribution < -0.4 is 5.32 Å². The number of anilines is 1. The number of pyridine rings is 1. The highest BCUT2D eigenvalue weighted by Crippen LogP contribution is 2.40. The third kappa shape index (κ3) is 3.14. The van der Waals surface area contributed by atoms with Gasteiger partial charge in [0.1, 0.15) is 5.82 Å². The zero-order chi connectivity index (χ0) is 19.1. The first-order chi connectivity index (χ1) is 12.1. The Hall–Kier alpha value is -2.90. The van der Waals surface area contributed by atoms with Gasteiger partial charge in [-0.05, 0) is 31.5 Å². The molecule has 1 aromatic carbocycles. The third-order valence-electron chi connectivity index (χ3n) is 4.28. The zero-order valence-corrected chi connectivity index (χ0v) is 14.4. The lowest BCUT2D eigenvalue weighted by Gasteiger charge is -2.28. The lowest BCUT2D eigenvalue weighted by molar-refractivity contribution is -0.180. The van der Waals surface area contributed by atoms with Crippen molar-refractivity contribution >= 4 is 22.6 Å². The summed E-state index contributed by atoms with van der Waals surface area (Å²) in [5, 5.41) is 7.54. The fourth-order valence-electron chi connectivity index (χ4n) is 2.56. The second kappa shape index (κ2) is 6.12. The van der Waals surface area contributed by atoms with E-state index in [0.717, 1.165) is 13.8 Å². The monoisotopic (exact) mass is 362 g/mol. The molecule has 2 heterocycles. The first kappa shape index (κ1) is 17.9. The van der Waals surface area contributed by atoms with Crippen LogP contribution in [0, 0.1) is 0 Å². The van der Waals surface area contributed by atoms with Gasteiger partial charge in [0.15, 0.2) is 0 Å². The maximum absolute atomic E-state index is 13.3. The molecule has 0 fully saturated rings. The van der Waals surface area contributed by atoms with Crippen molar-refractivity contribution in [1.29, 1.82) is 0 Å². The summed E-state index contributed by atoms with van der Waals surface area (Å²) in [6, 6.07) is 7.80. The Bertz CT molecular complexity index is 976. The van der Waals surface area contributed by atoms with Gasteiger partial charge in [0.2, 0.25) is 5.91 Å². The first-order valence-electron chi connectivity index (χ1n) is 7.88. The maximum atomic E-state index is 13.3. The minimum absolute atomic E-state index is 0.141. The zero-order valence-electron chi connectivity index (χ0n) is 14.4. The predicted molar refractivity (Wildman–Crippen MR) is 92.2 cm³/mol. The van der Waals surface area contributed by atoms with E-state index in [0.29, 0.717) is 22.4 Å². The molecule has 2 aromatic heterocycles. The van der Waals surface area contributed by atoms with Crippen LogP contribution in [0.1, 0.15) is 26.3 Å². The molecule has 0 aliphatic carbocycles. The summed E-state index contributed by atoms with van der Waals surface area (Å²) in [5.74, 6) is 0.0790. The van der Waals surface area contributed by atoms with Gasteiger partial charge in [-0.1, -0.05) is 12.1 Å². The molecule has 0 bridgehead atoms. The smallest absolute Gasteiger partial charge is 0.311 e. The molecular weight excluding hydrogens is 345 g/mol. The van der Waals surface area contributed by atoms with E-state index in [4.69, 9.17) is 0 Å². The number of rotatable bonds is 3. The van der Waals surface area contributed by atoms with Crippen molar-refractivity contribution in [2.45, 2.75) is 32.4 Å². The summed E-state index contributed by atoms with van der Waals surface area (Å²) in [4.78, 5) is 15.3. The molecule has 3 aromatic rings. The number of amides is 1. The Morgan fingerprint density at radius 2 is 1.88 bits per heavy atom. The van der Waals surface area contributed by atoms with Crippen molar-refractivity contribution in [3.8, 4) is 5.69 Å². The molecule has 8 heteroatoms. The third-order valence-corrected chi connectivity index (χ3v) is 4.28. The summed E-state index contributed by atoms with van der Waals surface area (Å²) >= 11 is 0.